The number of carbonyl (C=O) groups is 1. The number of carboxylic acids is 1. The van der Waals surface area contributed by atoms with E-state index < -0.39 is 11.7 Å². The minimum atomic E-state index is -1.21. The zero-order valence-electron chi connectivity index (χ0n) is 15.9. The predicted molar refractivity (Wildman–Crippen MR) is 108 cm³/mol. The summed E-state index contributed by atoms with van der Waals surface area (Å²) >= 11 is 0. The summed E-state index contributed by atoms with van der Waals surface area (Å²) in [5.41, 5.74) is 2.65. The molecular formula is C20H16FN5O4. The number of hydrogen-bond donors (Lipinski definition) is 4. The molecule has 2 aromatic carbocycles. The maximum atomic E-state index is 13.8. The van der Waals surface area contributed by atoms with Gasteiger partial charge in [-0.1, -0.05) is 0 Å². The molecule has 0 aliphatic rings. The molecule has 152 valence electrons. The molecule has 0 amide bonds. The van der Waals surface area contributed by atoms with Gasteiger partial charge in [-0.05, 0) is 55.3 Å². The van der Waals surface area contributed by atoms with Crippen molar-refractivity contribution < 1.29 is 18.7 Å². The Kier molecular flexibility index (Phi) is 4.66. The Morgan fingerprint density at radius 2 is 1.87 bits per heavy atom. The molecule has 4 aromatic rings. The van der Waals surface area contributed by atoms with E-state index in [9.17, 15) is 19.1 Å². The molecule has 0 aliphatic carbocycles. The number of H-pyrrole nitrogens is 1. The number of fused-ring (bicyclic) bond motifs is 1. The molecule has 0 bridgehead atoms. The molecular weight excluding hydrogens is 393 g/mol. The molecule has 2 aromatic heterocycles. The Morgan fingerprint density at radius 1 is 1.13 bits per heavy atom. The van der Waals surface area contributed by atoms with Gasteiger partial charge >= 0.3 is 11.7 Å². The molecule has 0 aliphatic heterocycles. The fraction of sp³-hybridized carbons (Fsp3) is 0.100. The van der Waals surface area contributed by atoms with Gasteiger partial charge < -0.3 is 20.2 Å². The van der Waals surface area contributed by atoms with Crippen LogP contribution in [0.5, 0.6) is 0 Å². The van der Waals surface area contributed by atoms with Gasteiger partial charge in [-0.25, -0.2) is 19.0 Å². The fourth-order valence-electron chi connectivity index (χ4n) is 3.01. The summed E-state index contributed by atoms with van der Waals surface area (Å²) in [6.45, 7) is 3.29. The van der Waals surface area contributed by atoms with Crippen molar-refractivity contribution in [1.82, 2.24) is 15.0 Å². The van der Waals surface area contributed by atoms with Crippen molar-refractivity contribution in [1.29, 1.82) is 0 Å². The lowest BCUT2D eigenvalue weighted by Gasteiger charge is -2.12. The van der Waals surface area contributed by atoms with Crippen LogP contribution in [0.2, 0.25) is 0 Å². The number of nitrogens with zero attached hydrogens (tertiary/aromatic N) is 2. The molecule has 0 fully saturated rings. The third kappa shape index (κ3) is 3.70. The van der Waals surface area contributed by atoms with Crippen LogP contribution in [-0.2, 0) is 0 Å². The summed E-state index contributed by atoms with van der Waals surface area (Å²) in [6, 6.07) is 7.99. The van der Waals surface area contributed by atoms with Crippen LogP contribution >= 0.6 is 0 Å². The SMILES string of the molecule is Cc1cc(Nc2ncc(C(=O)O)c(Nc3ccc4oc(=O)[nH]c4c3)n2)cc(C)c1F. The highest BCUT2D eigenvalue weighted by Crippen LogP contribution is 2.25. The lowest BCUT2D eigenvalue weighted by Crippen LogP contribution is -2.08. The number of nitrogens with one attached hydrogen (secondary N) is 3. The molecule has 0 unspecified atom stereocenters. The number of aryl methyl sites for hydroxylation is 2. The van der Waals surface area contributed by atoms with Crippen LogP contribution in [0, 0.1) is 19.7 Å². The van der Waals surface area contributed by atoms with Crippen molar-refractivity contribution >= 4 is 40.2 Å². The second kappa shape index (κ2) is 7.32. The van der Waals surface area contributed by atoms with Gasteiger partial charge in [0.15, 0.2) is 11.4 Å². The lowest BCUT2D eigenvalue weighted by molar-refractivity contribution is 0.0697. The molecule has 0 saturated carbocycles. The van der Waals surface area contributed by atoms with Gasteiger partial charge in [0.2, 0.25) is 5.95 Å². The van der Waals surface area contributed by atoms with Gasteiger partial charge in [0, 0.05) is 17.6 Å². The van der Waals surface area contributed by atoms with E-state index in [4.69, 9.17) is 4.42 Å². The molecule has 4 rings (SSSR count). The molecule has 0 saturated heterocycles. The first kappa shape index (κ1) is 19.1. The topological polar surface area (TPSA) is 133 Å². The molecule has 4 N–H and O–H groups in total. The molecule has 10 heteroatoms. The maximum absolute atomic E-state index is 13.8. The Bertz CT molecular complexity index is 1320. The predicted octanol–water partition coefficient (Wildman–Crippen LogP) is 3.85. The number of rotatable bonds is 5. The number of hydrogen-bond acceptors (Lipinski definition) is 7. The van der Waals surface area contributed by atoms with Crippen LogP contribution in [0.3, 0.4) is 0 Å². The van der Waals surface area contributed by atoms with Crippen LogP contribution < -0.4 is 16.4 Å². The molecule has 0 spiro atoms. The second-order valence-electron chi connectivity index (χ2n) is 6.66. The van der Waals surface area contributed by atoms with Gasteiger partial charge in [0.25, 0.3) is 0 Å². The number of oxazole rings is 1. The van der Waals surface area contributed by atoms with E-state index in [0.29, 0.717) is 33.6 Å². The lowest BCUT2D eigenvalue weighted by atomic mass is 10.1. The van der Waals surface area contributed by atoms with Crippen molar-refractivity contribution in [3.05, 3.63) is 69.6 Å². The van der Waals surface area contributed by atoms with E-state index in [1.165, 1.54) is 6.20 Å². The summed E-state index contributed by atoms with van der Waals surface area (Å²) in [5, 5.41) is 15.3. The van der Waals surface area contributed by atoms with Crippen LogP contribution in [-0.4, -0.2) is 26.0 Å². The zero-order valence-corrected chi connectivity index (χ0v) is 15.9. The van der Waals surface area contributed by atoms with E-state index in [0.717, 1.165) is 0 Å². The number of aromatic carboxylic acids is 1. The number of anilines is 4. The molecule has 2 heterocycles. The van der Waals surface area contributed by atoms with Crippen molar-refractivity contribution in [2.75, 3.05) is 10.6 Å². The smallest absolute Gasteiger partial charge is 0.417 e. The number of aromatic amines is 1. The number of benzene rings is 2. The van der Waals surface area contributed by atoms with Crippen molar-refractivity contribution in [2.24, 2.45) is 0 Å². The second-order valence-corrected chi connectivity index (χ2v) is 6.66. The quantitative estimate of drug-likeness (QED) is 0.391. The maximum Gasteiger partial charge on any atom is 0.417 e. The summed E-state index contributed by atoms with van der Waals surface area (Å²) in [4.78, 5) is 33.7. The highest BCUT2D eigenvalue weighted by molar-refractivity contribution is 5.94. The Balaban J connectivity index is 1.68. The molecule has 9 nitrogen and oxygen atoms in total. The first-order valence-electron chi connectivity index (χ1n) is 8.84. The van der Waals surface area contributed by atoms with Crippen LogP contribution in [0.4, 0.5) is 27.5 Å². The monoisotopic (exact) mass is 409 g/mol. The summed E-state index contributed by atoms with van der Waals surface area (Å²) < 4.78 is 18.8. The Morgan fingerprint density at radius 3 is 2.57 bits per heavy atom. The average molecular weight is 409 g/mol. The van der Waals surface area contributed by atoms with E-state index in [1.807, 2.05) is 0 Å². The standard InChI is InChI=1S/C20H16FN5O4/c1-9-5-12(6-10(2)16(9)21)24-19-22-8-13(18(27)28)17(26-19)23-11-3-4-15-14(7-11)25-20(29)30-15/h3-8H,1-2H3,(H,25,29)(H,27,28)(H2,22,23,24,26). The molecule has 30 heavy (non-hydrogen) atoms. The minimum Gasteiger partial charge on any atom is -0.477 e. The first-order valence-corrected chi connectivity index (χ1v) is 8.84. The van der Waals surface area contributed by atoms with Gasteiger partial charge in [-0.15, -0.1) is 0 Å². The normalized spacial score (nSPS) is 10.9. The van der Waals surface area contributed by atoms with Crippen LogP contribution in [0.1, 0.15) is 21.5 Å². The van der Waals surface area contributed by atoms with Crippen molar-refractivity contribution in [3.63, 3.8) is 0 Å². The van der Waals surface area contributed by atoms with Gasteiger partial charge in [0.1, 0.15) is 11.4 Å². The Hall–Kier alpha value is -4.21. The highest BCUT2D eigenvalue weighted by atomic mass is 19.1. The Labute approximate surface area is 168 Å². The van der Waals surface area contributed by atoms with Crippen molar-refractivity contribution in [2.45, 2.75) is 13.8 Å². The van der Waals surface area contributed by atoms with Gasteiger partial charge in [-0.3, -0.25) is 4.98 Å². The van der Waals surface area contributed by atoms with Crippen molar-refractivity contribution in [3.8, 4) is 0 Å². The largest absolute Gasteiger partial charge is 0.477 e. The minimum absolute atomic E-state index is 0.0424. The number of aromatic nitrogens is 3. The van der Waals surface area contributed by atoms with E-state index in [-0.39, 0.29) is 23.1 Å². The molecule has 0 atom stereocenters. The summed E-state index contributed by atoms with van der Waals surface area (Å²) in [5.74, 6) is -1.92. The first-order chi connectivity index (χ1) is 14.3. The van der Waals surface area contributed by atoms with E-state index >= 15 is 0 Å². The van der Waals surface area contributed by atoms with Gasteiger partial charge in [0.05, 0.1) is 5.52 Å². The van der Waals surface area contributed by atoms with E-state index in [1.54, 1.807) is 44.2 Å². The highest BCUT2D eigenvalue weighted by Gasteiger charge is 2.15. The zero-order chi connectivity index (χ0) is 21.4. The third-order valence-corrected chi connectivity index (χ3v) is 4.39. The number of carboxylic acid groups (broad SMARTS) is 1. The van der Waals surface area contributed by atoms with Crippen LogP contribution in [0.15, 0.2) is 45.7 Å². The summed E-state index contributed by atoms with van der Waals surface area (Å²) in [7, 11) is 0. The average Bonchev–Trinajstić information content (AvgIpc) is 3.05. The summed E-state index contributed by atoms with van der Waals surface area (Å²) in [6.07, 6.45) is 1.17. The number of halogens is 1. The molecule has 0 radical (unpaired) electrons. The fourth-order valence-corrected chi connectivity index (χ4v) is 3.01. The van der Waals surface area contributed by atoms with E-state index in [2.05, 4.69) is 25.6 Å². The van der Waals surface area contributed by atoms with Gasteiger partial charge in [-0.2, -0.15) is 4.98 Å². The van der Waals surface area contributed by atoms with Crippen LogP contribution in [0.25, 0.3) is 11.1 Å². The third-order valence-electron chi connectivity index (χ3n) is 4.39.